The summed E-state index contributed by atoms with van der Waals surface area (Å²) in [5, 5.41) is 13.4. The highest BCUT2D eigenvalue weighted by Gasteiger charge is 2.43. The lowest BCUT2D eigenvalue weighted by Crippen LogP contribution is -2.48. The van der Waals surface area contributed by atoms with E-state index in [0.717, 1.165) is 11.1 Å². The lowest BCUT2D eigenvalue weighted by atomic mass is 10.1. The van der Waals surface area contributed by atoms with Gasteiger partial charge in [0.25, 0.3) is 0 Å². The maximum Gasteiger partial charge on any atom is 0.352 e. The molecule has 0 radical (unpaired) electrons. The summed E-state index contributed by atoms with van der Waals surface area (Å²) in [4.78, 5) is 52.0. The molecule has 0 fully saturated rings. The van der Waals surface area contributed by atoms with Crippen LogP contribution in [-0.2, 0) is 35.1 Å². The fourth-order valence-corrected chi connectivity index (χ4v) is 4.41. The summed E-state index contributed by atoms with van der Waals surface area (Å²) in [5.74, 6) is -4.96. The predicted octanol–water partition coefficient (Wildman–Crippen LogP) is 5.00. The predicted molar refractivity (Wildman–Crippen MR) is 168 cm³/mol. The van der Waals surface area contributed by atoms with Gasteiger partial charge >= 0.3 is 23.9 Å². The van der Waals surface area contributed by atoms with Crippen LogP contribution in [0.15, 0.2) is 121 Å². The fraction of sp³-hybridized carbons (Fsp3) is 0.222. The summed E-state index contributed by atoms with van der Waals surface area (Å²) >= 11 is 0. The van der Waals surface area contributed by atoms with E-state index in [4.69, 9.17) is 18.9 Å². The van der Waals surface area contributed by atoms with Gasteiger partial charge in [-0.05, 0) is 42.3 Å². The zero-order valence-corrected chi connectivity index (χ0v) is 25.2. The number of hydrogen-bond acceptors (Lipinski definition) is 9. The van der Waals surface area contributed by atoms with E-state index in [2.05, 4.69) is 5.32 Å². The standard InChI is InChI=1S/C36H35NO9/c1-25(27-16-8-3-9-17-27)37-22-30(24-43-23-26-14-6-2-7-15-26)44-36(42)32(46-35(41)29-20-12-5-13-21-29)31(33(38)39)45-34(40)28-18-10-4-11-19-28/h2-21,25,30-32,37H,22-24H2,1H3,(H,38,39)/t25-,30+,31?,32?/m1/s1. The number of benzene rings is 4. The second-order valence-corrected chi connectivity index (χ2v) is 10.3. The number of aliphatic carboxylic acids is 1. The molecule has 10 nitrogen and oxygen atoms in total. The van der Waals surface area contributed by atoms with Gasteiger partial charge in [-0.2, -0.15) is 0 Å². The molecule has 0 aliphatic rings. The van der Waals surface area contributed by atoms with E-state index in [1.165, 1.54) is 24.3 Å². The van der Waals surface area contributed by atoms with Gasteiger partial charge in [0.05, 0.1) is 24.3 Å². The molecular formula is C36H35NO9. The van der Waals surface area contributed by atoms with Crippen molar-refractivity contribution in [3.05, 3.63) is 144 Å². The van der Waals surface area contributed by atoms with Gasteiger partial charge in [-0.15, -0.1) is 0 Å². The van der Waals surface area contributed by atoms with Gasteiger partial charge in [0, 0.05) is 12.6 Å². The first-order chi connectivity index (χ1) is 22.3. The molecule has 0 spiro atoms. The van der Waals surface area contributed by atoms with Crippen LogP contribution in [0.25, 0.3) is 0 Å². The summed E-state index contributed by atoms with van der Waals surface area (Å²) in [6, 6.07) is 34.2. The van der Waals surface area contributed by atoms with E-state index >= 15 is 0 Å². The Morgan fingerprint density at radius 3 is 1.65 bits per heavy atom. The van der Waals surface area contributed by atoms with Crippen LogP contribution in [0, 0.1) is 0 Å². The van der Waals surface area contributed by atoms with Gasteiger partial charge < -0.3 is 29.4 Å². The molecule has 46 heavy (non-hydrogen) atoms. The molecule has 4 aromatic carbocycles. The van der Waals surface area contributed by atoms with Crippen LogP contribution in [0.2, 0.25) is 0 Å². The number of rotatable bonds is 16. The molecule has 10 heteroatoms. The highest BCUT2D eigenvalue weighted by atomic mass is 16.6. The number of hydrogen-bond donors (Lipinski definition) is 2. The molecule has 0 amide bonds. The molecule has 0 saturated heterocycles. The molecule has 0 aliphatic carbocycles. The monoisotopic (exact) mass is 625 g/mol. The average molecular weight is 626 g/mol. The zero-order chi connectivity index (χ0) is 32.7. The Balaban J connectivity index is 1.55. The van der Waals surface area contributed by atoms with E-state index in [1.54, 1.807) is 36.4 Å². The second-order valence-electron chi connectivity index (χ2n) is 10.3. The number of carboxylic acids is 1. The molecule has 0 aliphatic heterocycles. The fourth-order valence-electron chi connectivity index (χ4n) is 4.41. The van der Waals surface area contributed by atoms with E-state index < -0.39 is 42.2 Å². The SMILES string of the molecule is C[C@@H](NC[C@@H](COCc1ccccc1)OC(=O)C(OC(=O)c1ccccc1)C(OC(=O)c1ccccc1)C(=O)O)c1ccccc1. The first kappa shape index (κ1) is 33.6. The summed E-state index contributed by atoms with van der Waals surface area (Å²) < 4.78 is 22.2. The van der Waals surface area contributed by atoms with Crippen molar-refractivity contribution in [2.24, 2.45) is 0 Å². The summed E-state index contributed by atoms with van der Waals surface area (Å²) in [7, 11) is 0. The summed E-state index contributed by atoms with van der Waals surface area (Å²) in [6.07, 6.45) is -5.30. The molecule has 0 aromatic heterocycles. The molecule has 4 atom stereocenters. The molecule has 4 aromatic rings. The lowest BCUT2D eigenvalue weighted by molar-refractivity contribution is -0.176. The van der Waals surface area contributed by atoms with Crippen molar-refractivity contribution in [1.29, 1.82) is 0 Å². The van der Waals surface area contributed by atoms with Crippen molar-refractivity contribution < 1.29 is 43.2 Å². The van der Waals surface area contributed by atoms with Crippen molar-refractivity contribution in [3.63, 3.8) is 0 Å². The number of carboxylic acid groups (broad SMARTS) is 1. The van der Waals surface area contributed by atoms with Crippen LogP contribution < -0.4 is 5.32 Å². The Morgan fingerprint density at radius 1 is 0.652 bits per heavy atom. The Bertz CT molecular complexity index is 1550. The highest BCUT2D eigenvalue weighted by molar-refractivity contribution is 5.95. The van der Waals surface area contributed by atoms with Crippen molar-refractivity contribution >= 4 is 23.9 Å². The van der Waals surface area contributed by atoms with Crippen molar-refractivity contribution in [3.8, 4) is 0 Å². The van der Waals surface area contributed by atoms with Crippen molar-refractivity contribution in [2.75, 3.05) is 13.2 Å². The topological polar surface area (TPSA) is 137 Å². The average Bonchev–Trinajstić information content (AvgIpc) is 3.09. The molecule has 0 saturated carbocycles. The van der Waals surface area contributed by atoms with Gasteiger partial charge in [-0.3, -0.25) is 0 Å². The number of ether oxygens (including phenoxy) is 4. The zero-order valence-electron chi connectivity index (χ0n) is 25.2. The molecule has 2 unspecified atom stereocenters. The Kier molecular flexibility index (Phi) is 12.6. The normalized spacial score (nSPS) is 13.4. The molecule has 0 bridgehead atoms. The van der Waals surface area contributed by atoms with E-state index in [-0.39, 0.29) is 36.9 Å². The minimum Gasteiger partial charge on any atom is -0.478 e. The van der Waals surface area contributed by atoms with Crippen LogP contribution in [0.1, 0.15) is 44.8 Å². The van der Waals surface area contributed by atoms with Crippen LogP contribution in [0.4, 0.5) is 0 Å². The Labute approximate surface area is 266 Å². The Hall–Kier alpha value is -5.32. The summed E-state index contributed by atoms with van der Waals surface area (Å²) in [5.41, 5.74) is 1.99. The van der Waals surface area contributed by atoms with Crippen LogP contribution in [-0.4, -0.2) is 60.4 Å². The van der Waals surface area contributed by atoms with Crippen molar-refractivity contribution in [1.82, 2.24) is 5.32 Å². The Morgan fingerprint density at radius 2 is 1.13 bits per heavy atom. The second kappa shape index (κ2) is 17.2. The van der Waals surface area contributed by atoms with E-state index in [0.29, 0.717) is 0 Å². The minimum atomic E-state index is -2.21. The highest BCUT2D eigenvalue weighted by Crippen LogP contribution is 2.17. The molecule has 4 rings (SSSR count). The van der Waals surface area contributed by atoms with E-state index in [9.17, 15) is 24.3 Å². The first-order valence-corrected chi connectivity index (χ1v) is 14.7. The van der Waals surface area contributed by atoms with Crippen molar-refractivity contribution in [2.45, 2.75) is 37.9 Å². The molecule has 238 valence electrons. The molecular weight excluding hydrogens is 590 g/mol. The number of esters is 3. The quantitative estimate of drug-likeness (QED) is 0.129. The number of carbonyl (C=O) groups is 4. The molecule has 2 N–H and O–H groups in total. The van der Waals surface area contributed by atoms with Gasteiger partial charge in [0.2, 0.25) is 12.2 Å². The summed E-state index contributed by atoms with van der Waals surface area (Å²) in [6.45, 7) is 2.20. The largest absolute Gasteiger partial charge is 0.478 e. The lowest BCUT2D eigenvalue weighted by Gasteiger charge is -2.26. The van der Waals surface area contributed by atoms with Gasteiger partial charge in [-0.25, -0.2) is 19.2 Å². The van der Waals surface area contributed by atoms with Crippen LogP contribution in [0.5, 0.6) is 0 Å². The maximum atomic E-state index is 13.7. The first-order valence-electron chi connectivity index (χ1n) is 14.7. The van der Waals surface area contributed by atoms with Gasteiger partial charge in [0.1, 0.15) is 6.10 Å². The van der Waals surface area contributed by atoms with Crippen LogP contribution >= 0.6 is 0 Å². The number of nitrogens with one attached hydrogen (secondary N) is 1. The maximum absolute atomic E-state index is 13.7. The third kappa shape index (κ3) is 10.1. The van der Waals surface area contributed by atoms with Crippen LogP contribution in [0.3, 0.4) is 0 Å². The third-order valence-corrected chi connectivity index (χ3v) is 6.89. The van der Waals surface area contributed by atoms with Gasteiger partial charge in [-0.1, -0.05) is 97.1 Å². The molecule has 0 heterocycles. The van der Waals surface area contributed by atoms with E-state index in [1.807, 2.05) is 67.6 Å². The third-order valence-electron chi connectivity index (χ3n) is 6.89. The minimum absolute atomic E-state index is 0.0431. The smallest absolute Gasteiger partial charge is 0.352 e. The number of carbonyl (C=O) groups excluding carboxylic acids is 3. The van der Waals surface area contributed by atoms with Gasteiger partial charge in [0.15, 0.2) is 0 Å².